The van der Waals surface area contributed by atoms with Gasteiger partial charge in [-0.1, -0.05) is 12.8 Å². The molecule has 4 aliphatic rings. The van der Waals surface area contributed by atoms with Crippen LogP contribution in [-0.4, -0.2) is 73.6 Å². The predicted octanol–water partition coefficient (Wildman–Crippen LogP) is 2.58. The van der Waals surface area contributed by atoms with Crippen molar-refractivity contribution in [2.45, 2.75) is 44.2 Å². The van der Waals surface area contributed by atoms with Gasteiger partial charge in [0.05, 0.1) is 12.4 Å². The molecule has 2 saturated heterocycles. The van der Waals surface area contributed by atoms with Crippen LogP contribution in [0.2, 0.25) is 0 Å². The maximum atomic E-state index is 12.5. The lowest BCUT2D eigenvalue weighted by Gasteiger charge is -2.57. The molecule has 160 valence electrons. The number of amides is 1. The fourth-order valence-electron chi connectivity index (χ4n) is 6.02. The number of furan rings is 1. The fraction of sp³-hybridized carbons (Fsp3) is 0.714. The average molecular weight is 514 g/mol. The van der Waals surface area contributed by atoms with E-state index in [0.717, 1.165) is 32.1 Å². The molecule has 4 fully saturated rings. The van der Waals surface area contributed by atoms with Crippen LogP contribution in [-0.2, 0) is 4.74 Å². The number of carbonyl (C=O) groups is 1. The van der Waals surface area contributed by atoms with Crippen LogP contribution in [0.15, 0.2) is 27.8 Å². The second-order valence-corrected chi connectivity index (χ2v) is 8.61. The summed E-state index contributed by atoms with van der Waals surface area (Å²) in [5.41, 5.74) is 0.314. The van der Waals surface area contributed by atoms with Crippen molar-refractivity contribution >= 4 is 35.8 Å². The largest absolute Gasteiger partial charge is 0.459 e. The van der Waals surface area contributed by atoms with E-state index in [1.807, 2.05) is 11.9 Å². The molecule has 8 heteroatoms. The van der Waals surface area contributed by atoms with E-state index in [1.54, 1.807) is 18.4 Å². The summed E-state index contributed by atoms with van der Waals surface area (Å²) in [6.07, 6.45) is 8.34. The molecular weight excluding hydrogens is 483 g/mol. The second kappa shape index (κ2) is 8.45. The molecule has 3 heterocycles. The first-order chi connectivity index (χ1) is 13.7. The molecule has 3 atom stereocenters. The molecular formula is C21H31IN4O3. The number of nitrogens with one attached hydrogen (secondary N) is 1. The quantitative estimate of drug-likeness (QED) is 0.374. The number of nitrogens with zero attached hydrogens (tertiary/aromatic N) is 3. The van der Waals surface area contributed by atoms with Gasteiger partial charge in [-0.3, -0.25) is 9.79 Å². The van der Waals surface area contributed by atoms with Crippen LogP contribution in [0.5, 0.6) is 0 Å². The van der Waals surface area contributed by atoms with Gasteiger partial charge in [-0.25, -0.2) is 0 Å². The van der Waals surface area contributed by atoms with Crippen molar-refractivity contribution in [3.05, 3.63) is 24.2 Å². The van der Waals surface area contributed by atoms with E-state index >= 15 is 0 Å². The number of hydrogen-bond acceptors (Lipinski definition) is 4. The normalized spacial score (nSPS) is 30.7. The Balaban J connectivity index is 0.00000205. The molecule has 2 saturated carbocycles. The first kappa shape index (κ1) is 21.0. The lowest BCUT2D eigenvalue weighted by Crippen LogP contribution is -2.70. The maximum absolute atomic E-state index is 12.5. The first-order valence-corrected chi connectivity index (χ1v) is 10.7. The lowest BCUT2D eigenvalue weighted by molar-refractivity contribution is -0.125. The molecule has 0 bridgehead atoms. The number of fused-ring (bicyclic) bond motifs is 2. The molecule has 1 N–H and O–H groups in total. The minimum absolute atomic E-state index is 0. The number of aliphatic imine (C=N–C) groups is 1. The Morgan fingerprint density at radius 3 is 2.59 bits per heavy atom. The van der Waals surface area contributed by atoms with E-state index < -0.39 is 0 Å². The van der Waals surface area contributed by atoms with Gasteiger partial charge in [0.1, 0.15) is 0 Å². The summed E-state index contributed by atoms with van der Waals surface area (Å²) >= 11 is 0. The van der Waals surface area contributed by atoms with Crippen LogP contribution in [0.1, 0.15) is 42.7 Å². The zero-order valence-electron chi connectivity index (χ0n) is 17.0. The number of rotatable bonds is 2. The minimum atomic E-state index is -0.0255. The predicted molar refractivity (Wildman–Crippen MR) is 121 cm³/mol. The van der Waals surface area contributed by atoms with Gasteiger partial charge in [0, 0.05) is 57.2 Å². The van der Waals surface area contributed by atoms with Gasteiger partial charge in [-0.2, -0.15) is 0 Å². The van der Waals surface area contributed by atoms with Crippen molar-refractivity contribution in [1.82, 2.24) is 15.1 Å². The number of ether oxygens (including phenoxy) is 1. The standard InChI is InChI=1S/C21H30N4O3.HI/c1-22-20(23-17-15-6-14-28-18(15)21(17)7-2-3-8-21)25-11-9-24(10-12-25)19(26)16-5-4-13-27-16;/h4-5,13,15,17-18H,2-3,6-12,14H2,1H3,(H,22,23);1H. The monoisotopic (exact) mass is 514 g/mol. The maximum Gasteiger partial charge on any atom is 0.289 e. The minimum Gasteiger partial charge on any atom is -0.459 e. The number of piperazine rings is 1. The van der Waals surface area contributed by atoms with Gasteiger partial charge >= 0.3 is 0 Å². The Morgan fingerprint density at radius 2 is 1.93 bits per heavy atom. The molecule has 29 heavy (non-hydrogen) atoms. The summed E-state index contributed by atoms with van der Waals surface area (Å²) in [5, 5.41) is 3.82. The van der Waals surface area contributed by atoms with Gasteiger partial charge in [0.2, 0.25) is 0 Å². The smallest absolute Gasteiger partial charge is 0.289 e. The third kappa shape index (κ3) is 3.45. The molecule has 0 radical (unpaired) electrons. The molecule has 3 unspecified atom stereocenters. The number of hydrogen-bond donors (Lipinski definition) is 1. The average Bonchev–Trinajstić information content (AvgIpc) is 3.49. The number of halogens is 1. The highest BCUT2D eigenvalue weighted by Crippen LogP contribution is 2.60. The topological polar surface area (TPSA) is 70.3 Å². The SMILES string of the molecule is CN=C(NC1C2CCOC2C12CCCC2)N1CCN(C(=O)c2ccco2)CC1.I. The highest BCUT2D eigenvalue weighted by Gasteiger charge is 2.65. The van der Waals surface area contributed by atoms with E-state index in [9.17, 15) is 4.79 Å². The van der Waals surface area contributed by atoms with Crippen molar-refractivity contribution in [1.29, 1.82) is 0 Å². The molecule has 2 aliphatic carbocycles. The number of carbonyl (C=O) groups excluding carboxylic acids is 1. The van der Waals surface area contributed by atoms with Gasteiger partial charge in [-0.05, 0) is 31.4 Å². The molecule has 2 aliphatic heterocycles. The third-order valence-electron chi connectivity index (χ3n) is 7.38. The van der Waals surface area contributed by atoms with Crippen molar-refractivity contribution < 1.29 is 13.9 Å². The van der Waals surface area contributed by atoms with Crippen LogP contribution >= 0.6 is 24.0 Å². The lowest BCUT2D eigenvalue weighted by atomic mass is 9.54. The van der Waals surface area contributed by atoms with Gasteiger partial charge in [-0.15, -0.1) is 24.0 Å². The molecule has 1 aromatic rings. The Kier molecular flexibility index (Phi) is 6.11. The fourth-order valence-corrected chi connectivity index (χ4v) is 6.02. The molecule has 7 nitrogen and oxygen atoms in total. The van der Waals surface area contributed by atoms with E-state index in [0.29, 0.717) is 42.3 Å². The van der Waals surface area contributed by atoms with E-state index in [4.69, 9.17) is 9.15 Å². The Bertz CT molecular complexity index is 739. The van der Waals surface area contributed by atoms with Crippen LogP contribution in [0.4, 0.5) is 0 Å². The van der Waals surface area contributed by atoms with Crippen LogP contribution < -0.4 is 5.32 Å². The van der Waals surface area contributed by atoms with Crippen molar-refractivity contribution in [3.63, 3.8) is 0 Å². The summed E-state index contributed by atoms with van der Waals surface area (Å²) in [4.78, 5) is 21.2. The summed E-state index contributed by atoms with van der Waals surface area (Å²) in [7, 11) is 1.87. The first-order valence-electron chi connectivity index (χ1n) is 10.7. The Hall–Kier alpha value is -1.29. The zero-order chi connectivity index (χ0) is 19.1. The highest BCUT2D eigenvalue weighted by atomic mass is 127. The second-order valence-electron chi connectivity index (χ2n) is 8.61. The third-order valence-corrected chi connectivity index (χ3v) is 7.38. The summed E-state index contributed by atoms with van der Waals surface area (Å²) < 4.78 is 11.4. The van der Waals surface area contributed by atoms with Crippen molar-refractivity contribution in [3.8, 4) is 0 Å². The molecule has 1 amide bonds. The van der Waals surface area contributed by atoms with Crippen LogP contribution in [0, 0.1) is 11.3 Å². The van der Waals surface area contributed by atoms with Crippen molar-refractivity contribution in [2.75, 3.05) is 39.8 Å². The van der Waals surface area contributed by atoms with Crippen LogP contribution in [0.25, 0.3) is 0 Å². The summed E-state index contributed by atoms with van der Waals surface area (Å²) in [6, 6.07) is 3.96. The highest BCUT2D eigenvalue weighted by molar-refractivity contribution is 14.0. The van der Waals surface area contributed by atoms with Gasteiger partial charge in [0.25, 0.3) is 5.91 Å². The van der Waals surface area contributed by atoms with Crippen molar-refractivity contribution in [2.24, 2.45) is 16.3 Å². The van der Waals surface area contributed by atoms with Crippen LogP contribution in [0.3, 0.4) is 0 Å². The van der Waals surface area contributed by atoms with E-state index in [-0.39, 0.29) is 29.9 Å². The number of guanidine groups is 1. The zero-order valence-corrected chi connectivity index (χ0v) is 19.3. The molecule has 5 rings (SSSR count). The Morgan fingerprint density at radius 1 is 1.21 bits per heavy atom. The molecule has 1 aromatic heterocycles. The molecule has 1 spiro atoms. The van der Waals surface area contributed by atoms with Gasteiger partial charge < -0.3 is 24.3 Å². The molecule has 0 aromatic carbocycles. The summed E-state index contributed by atoms with van der Waals surface area (Å²) in [5.74, 6) is 1.99. The summed E-state index contributed by atoms with van der Waals surface area (Å²) in [6.45, 7) is 3.85. The van der Waals surface area contributed by atoms with E-state index in [1.165, 1.54) is 25.7 Å². The van der Waals surface area contributed by atoms with E-state index in [2.05, 4.69) is 15.2 Å². The Labute approximate surface area is 189 Å². The van der Waals surface area contributed by atoms with Gasteiger partial charge in [0.15, 0.2) is 11.7 Å².